The number of rotatable bonds is 4. The molecule has 0 saturated carbocycles. The van der Waals surface area contributed by atoms with Crippen LogP contribution in [-0.2, 0) is 11.3 Å². The highest BCUT2D eigenvalue weighted by atomic mass is 127. The number of anilines is 1. The van der Waals surface area contributed by atoms with Crippen molar-refractivity contribution in [1.82, 2.24) is 10.2 Å². The van der Waals surface area contributed by atoms with Gasteiger partial charge in [-0.1, -0.05) is 26.0 Å². The van der Waals surface area contributed by atoms with E-state index in [0.717, 1.165) is 58.4 Å². The molecule has 1 aromatic carbocycles. The van der Waals surface area contributed by atoms with Gasteiger partial charge in [0, 0.05) is 38.4 Å². The van der Waals surface area contributed by atoms with Gasteiger partial charge in [0.05, 0.1) is 19.8 Å². The van der Waals surface area contributed by atoms with Crippen molar-refractivity contribution in [3.8, 4) is 0 Å². The van der Waals surface area contributed by atoms with E-state index in [4.69, 9.17) is 9.73 Å². The van der Waals surface area contributed by atoms with Crippen molar-refractivity contribution in [2.45, 2.75) is 33.7 Å². The summed E-state index contributed by atoms with van der Waals surface area (Å²) >= 11 is 0. The third-order valence-electron chi connectivity index (χ3n) is 5.04. The number of benzene rings is 1. The lowest BCUT2D eigenvalue weighted by molar-refractivity contribution is 0.122. The Bertz CT molecular complexity index is 582. The van der Waals surface area contributed by atoms with Crippen molar-refractivity contribution >= 4 is 35.6 Å². The molecule has 2 aliphatic rings. The Kier molecular flexibility index (Phi) is 8.01. The summed E-state index contributed by atoms with van der Waals surface area (Å²) in [5, 5.41) is 3.45. The van der Waals surface area contributed by atoms with Crippen LogP contribution in [0.3, 0.4) is 0 Å². The second-order valence-corrected chi connectivity index (χ2v) is 7.77. The Balaban J connectivity index is 0.00000243. The number of nitrogens with zero attached hydrogens (tertiary/aromatic N) is 3. The van der Waals surface area contributed by atoms with Crippen molar-refractivity contribution in [2.75, 3.05) is 50.8 Å². The van der Waals surface area contributed by atoms with Gasteiger partial charge in [-0.3, -0.25) is 0 Å². The predicted molar refractivity (Wildman–Crippen MR) is 120 cm³/mol. The first-order valence-corrected chi connectivity index (χ1v) is 9.52. The monoisotopic (exact) mass is 472 g/mol. The quantitative estimate of drug-likeness (QED) is 0.415. The van der Waals surface area contributed by atoms with Crippen LogP contribution in [0.15, 0.2) is 29.3 Å². The maximum absolute atomic E-state index is 5.43. The summed E-state index contributed by atoms with van der Waals surface area (Å²) in [6, 6.07) is 8.82. The molecule has 0 unspecified atom stereocenters. The van der Waals surface area contributed by atoms with Gasteiger partial charge < -0.3 is 19.9 Å². The minimum atomic E-state index is 0. The highest BCUT2D eigenvalue weighted by molar-refractivity contribution is 14.0. The van der Waals surface area contributed by atoms with Gasteiger partial charge in [0.25, 0.3) is 0 Å². The number of guanidine groups is 1. The zero-order valence-electron chi connectivity index (χ0n) is 16.3. The maximum atomic E-state index is 5.43. The van der Waals surface area contributed by atoms with E-state index in [9.17, 15) is 0 Å². The lowest BCUT2D eigenvalue weighted by atomic mass is 9.93. The van der Waals surface area contributed by atoms with Crippen molar-refractivity contribution in [2.24, 2.45) is 10.4 Å². The summed E-state index contributed by atoms with van der Waals surface area (Å²) in [5.74, 6) is 1.05. The Hall–Kier alpha value is -1.02. The molecule has 0 atom stereocenters. The zero-order chi connectivity index (χ0) is 17.7. The molecule has 0 aliphatic carbocycles. The highest BCUT2D eigenvalue weighted by Gasteiger charge is 2.30. The minimum Gasteiger partial charge on any atom is -0.378 e. The predicted octanol–water partition coefficient (Wildman–Crippen LogP) is 3.34. The highest BCUT2D eigenvalue weighted by Crippen LogP contribution is 2.28. The molecule has 0 spiro atoms. The molecule has 1 N–H and O–H groups in total. The fourth-order valence-corrected chi connectivity index (χ4v) is 3.52. The molecular weight excluding hydrogens is 439 g/mol. The minimum absolute atomic E-state index is 0. The summed E-state index contributed by atoms with van der Waals surface area (Å²) < 4.78 is 5.43. The fourth-order valence-electron chi connectivity index (χ4n) is 3.52. The van der Waals surface area contributed by atoms with E-state index >= 15 is 0 Å². The first kappa shape index (κ1) is 21.3. The van der Waals surface area contributed by atoms with Gasteiger partial charge in [0.2, 0.25) is 0 Å². The van der Waals surface area contributed by atoms with Gasteiger partial charge in [-0.2, -0.15) is 0 Å². The Morgan fingerprint density at radius 2 is 1.85 bits per heavy atom. The second-order valence-electron chi connectivity index (χ2n) is 7.77. The van der Waals surface area contributed by atoms with Gasteiger partial charge in [-0.05, 0) is 36.5 Å². The van der Waals surface area contributed by atoms with Crippen LogP contribution in [-0.4, -0.2) is 56.8 Å². The second kappa shape index (κ2) is 9.78. The third kappa shape index (κ3) is 5.74. The van der Waals surface area contributed by atoms with E-state index in [-0.39, 0.29) is 24.0 Å². The fraction of sp³-hybridized carbons (Fsp3) is 0.650. The van der Waals surface area contributed by atoms with Crippen LogP contribution < -0.4 is 10.2 Å². The molecule has 2 fully saturated rings. The van der Waals surface area contributed by atoms with Crippen LogP contribution in [0.5, 0.6) is 0 Å². The van der Waals surface area contributed by atoms with Gasteiger partial charge in [-0.25, -0.2) is 4.99 Å². The average molecular weight is 472 g/mol. The van der Waals surface area contributed by atoms with Crippen LogP contribution in [0.2, 0.25) is 0 Å². The van der Waals surface area contributed by atoms with Gasteiger partial charge in [0.15, 0.2) is 5.96 Å². The van der Waals surface area contributed by atoms with E-state index in [1.807, 2.05) is 0 Å². The molecule has 146 valence electrons. The van der Waals surface area contributed by atoms with Crippen LogP contribution in [0.25, 0.3) is 0 Å². The van der Waals surface area contributed by atoms with Gasteiger partial charge in [-0.15, -0.1) is 24.0 Å². The van der Waals surface area contributed by atoms with Crippen molar-refractivity contribution in [3.63, 3.8) is 0 Å². The number of ether oxygens (including phenoxy) is 1. The summed E-state index contributed by atoms with van der Waals surface area (Å²) in [5.41, 5.74) is 2.92. The van der Waals surface area contributed by atoms with Crippen LogP contribution in [0.4, 0.5) is 5.69 Å². The topological polar surface area (TPSA) is 40.1 Å². The zero-order valence-corrected chi connectivity index (χ0v) is 18.7. The first-order chi connectivity index (χ1) is 12.1. The van der Waals surface area contributed by atoms with Crippen molar-refractivity contribution in [1.29, 1.82) is 0 Å². The van der Waals surface area contributed by atoms with Crippen molar-refractivity contribution < 1.29 is 4.74 Å². The molecule has 0 bridgehead atoms. The van der Waals surface area contributed by atoms with Crippen LogP contribution in [0, 0.1) is 5.41 Å². The molecule has 6 heteroatoms. The molecular formula is C20H33IN4O. The number of hydrogen-bond donors (Lipinski definition) is 1. The Labute approximate surface area is 175 Å². The van der Waals surface area contributed by atoms with E-state index < -0.39 is 0 Å². The smallest absolute Gasteiger partial charge is 0.194 e. The molecule has 5 nitrogen and oxygen atoms in total. The molecule has 26 heavy (non-hydrogen) atoms. The van der Waals surface area contributed by atoms with E-state index in [0.29, 0.717) is 5.41 Å². The van der Waals surface area contributed by atoms with Crippen LogP contribution in [0.1, 0.15) is 32.8 Å². The summed E-state index contributed by atoms with van der Waals surface area (Å²) in [6.45, 7) is 14.2. The number of aliphatic imine (C=N–C) groups is 1. The van der Waals surface area contributed by atoms with E-state index in [1.54, 1.807) is 0 Å². The number of likely N-dealkylation sites (tertiary alicyclic amines) is 1. The van der Waals surface area contributed by atoms with Crippen LogP contribution >= 0.6 is 24.0 Å². The largest absolute Gasteiger partial charge is 0.378 e. The molecule has 1 aromatic rings. The van der Waals surface area contributed by atoms with E-state index in [1.165, 1.54) is 17.7 Å². The first-order valence-electron chi connectivity index (χ1n) is 9.52. The summed E-state index contributed by atoms with van der Waals surface area (Å²) in [4.78, 5) is 9.65. The summed E-state index contributed by atoms with van der Waals surface area (Å²) in [7, 11) is 0. The number of nitrogens with one attached hydrogen (secondary N) is 1. The Morgan fingerprint density at radius 1 is 1.15 bits per heavy atom. The molecule has 2 heterocycles. The van der Waals surface area contributed by atoms with Gasteiger partial charge in [0.1, 0.15) is 0 Å². The number of morpholine rings is 1. The third-order valence-corrected chi connectivity index (χ3v) is 5.04. The average Bonchev–Trinajstić information content (AvgIpc) is 2.99. The molecule has 0 radical (unpaired) electrons. The van der Waals surface area contributed by atoms with Gasteiger partial charge >= 0.3 is 0 Å². The van der Waals surface area contributed by atoms with Crippen molar-refractivity contribution in [3.05, 3.63) is 29.8 Å². The lowest BCUT2D eigenvalue weighted by Crippen LogP contribution is -2.40. The lowest BCUT2D eigenvalue weighted by Gasteiger charge is -2.28. The molecule has 0 amide bonds. The number of hydrogen-bond acceptors (Lipinski definition) is 3. The van der Waals surface area contributed by atoms with E-state index in [2.05, 4.69) is 60.2 Å². The normalized spacial score (nSPS) is 20.0. The molecule has 2 aliphatic heterocycles. The Morgan fingerprint density at radius 3 is 2.42 bits per heavy atom. The molecule has 0 aromatic heterocycles. The summed E-state index contributed by atoms with van der Waals surface area (Å²) in [6.07, 6.45) is 1.23. The molecule has 3 rings (SSSR count). The SMILES string of the molecule is CCNC(=NCc1ccc(N2CCOCC2)cc1)N1CCC(C)(C)C1.I. The standard InChI is InChI=1S/C20H32N4O.HI/c1-4-21-19(24-10-9-20(2,3)16-24)22-15-17-5-7-18(8-6-17)23-11-13-25-14-12-23;/h5-8H,4,9-16H2,1-3H3,(H,21,22);1H. The maximum Gasteiger partial charge on any atom is 0.194 e. The molecule has 2 saturated heterocycles. The number of halogens is 1.